The lowest BCUT2D eigenvalue weighted by Gasteiger charge is -2.27. The highest BCUT2D eigenvalue weighted by Crippen LogP contribution is 2.19. The van der Waals surface area contributed by atoms with E-state index in [-0.39, 0.29) is 36.6 Å². The highest BCUT2D eigenvalue weighted by Gasteiger charge is 2.25. The number of aromatic nitrogens is 2. The van der Waals surface area contributed by atoms with Crippen LogP contribution >= 0.6 is 24.0 Å². The van der Waals surface area contributed by atoms with Gasteiger partial charge in [0.25, 0.3) is 0 Å². The first-order valence-corrected chi connectivity index (χ1v) is 10.2. The third-order valence-electron chi connectivity index (χ3n) is 4.04. The number of ether oxygens (including phenoxy) is 1. The topological polar surface area (TPSA) is 104 Å². The summed E-state index contributed by atoms with van der Waals surface area (Å²) in [7, 11) is 1.81. The molecule has 0 aliphatic rings. The highest BCUT2D eigenvalue weighted by molar-refractivity contribution is 14.0. The van der Waals surface area contributed by atoms with E-state index >= 15 is 0 Å². The van der Waals surface area contributed by atoms with Crippen LogP contribution in [0.25, 0.3) is 0 Å². The van der Waals surface area contributed by atoms with Crippen molar-refractivity contribution in [3.05, 3.63) is 18.0 Å². The quantitative estimate of drug-likeness (QED) is 0.254. The number of aliphatic hydroxyl groups is 1. The van der Waals surface area contributed by atoms with Crippen molar-refractivity contribution in [2.75, 3.05) is 32.7 Å². The van der Waals surface area contributed by atoms with E-state index in [1.807, 2.05) is 34.6 Å². The monoisotopic (exact) mass is 538 g/mol. The Morgan fingerprint density at radius 2 is 1.93 bits per heavy atom. The van der Waals surface area contributed by atoms with Gasteiger partial charge in [0.1, 0.15) is 11.2 Å². The Morgan fingerprint density at radius 3 is 2.43 bits per heavy atom. The van der Waals surface area contributed by atoms with Gasteiger partial charge in [-0.1, -0.05) is 6.92 Å². The zero-order chi connectivity index (χ0) is 22.1. The molecular weight excluding hydrogens is 499 g/mol. The van der Waals surface area contributed by atoms with Gasteiger partial charge in [-0.05, 0) is 41.0 Å². The molecule has 9 nitrogen and oxygen atoms in total. The van der Waals surface area contributed by atoms with Crippen molar-refractivity contribution >= 4 is 36.0 Å². The number of aliphatic imine (C=N–C) groups is 1. The molecule has 1 amide bonds. The summed E-state index contributed by atoms with van der Waals surface area (Å²) < 4.78 is 7.12. The standard InChI is InChI=1S/C20H38N6O3.HI/c1-8-11-26(18(27)29-19(3,4)5)12-10-22-17(21-9-2)23-15-20(6,28)16-13-24-25(7)14-16;/h13-14,28H,8-12,15H2,1-7H3,(H2,21,22,23);1H. The fourth-order valence-electron chi connectivity index (χ4n) is 2.57. The zero-order valence-electron chi connectivity index (χ0n) is 19.4. The molecule has 1 aromatic heterocycles. The summed E-state index contributed by atoms with van der Waals surface area (Å²) in [6, 6.07) is 0. The van der Waals surface area contributed by atoms with E-state index in [1.54, 1.807) is 35.9 Å². The Bertz CT molecular complexity index is 670. The van der Waals surface area contributed by atoms with Gasteiger partial charge in [0.05, 0.1) is 12.7 Å². The summed E-state index contributed by atoms with van der Waals surface area (Å²) in [6.07, 6.45) is 3.95. The van der Waals surface area contributed by atoms with Crippen LogP contribution < -0.4 is 10.6 Å². The maximum Gasteiger partial charge on any atom is 0.410 e. The summed E-state index contributed by atoms with van der Waals surface area (Å²) in [4.78, 5) is 18.5. The van der Waals surface area contributed by atoms with E-state index in [0.29, 0.717) is 37.7 Å². The average molecular weight is 538 g/mol. The molecule has 1 unspecified atom stereocenters. The number of nitrogens with one attached hydrogen (secondary N) is 2. The van der Waals surface area contributed by atoms with Crippen LogP contribution in [-0.4, -0.2) is 70.2 Å². The number of guanidine groups is 1. The lowest BCUT2D eigenvalue weighted by Crippen LogP contribution is -2.45. The van der Waals surface area contributed by atoms with Gasteiger partial charge in [0.15, 0.2) is 5.96 Å². The molecule has 3 N–H and O–H groups in total. The smallest absolute Gasteiger partial charge is 0.410 e. The second-order valence-corrected chi connectivity index (χ2v) is 8.27. The lowest BCUT2D eigenvalue weighted by atomic mass is 10.0. The fourth-order valence-corrected chi connectivity index (χ4v) is 2.57. The van der Waals surface area contributed by atoms with Crippen molar-refractivity contribution in [1.29, 1.82) is 0 Å². The first-order chi connectivity index (χ1) is 13.5. The molecule has 0 fully saturated rings. The first kappa shape index (κ1) is 28.4. The van der Waals surface area contributed by atoms with Gasteiger partial charge in [-0.2, -0.15) is 5.10 Å². The van der Waals surface area contributed by atoms with Crippen molar-refractivity contribution in [3.63, 3.8) is 0 Å². The molecule has 1 atom stereocenters. The van der Waals surface area contributed by atoms with E-state index in [4.69, 9.17) is 4.74 Å². The molecule has 30 heavy (non-hydrogen) atoms. The van der Waals surface area contributed by atoms with Crippen LogP contribution in [0.1, 0.15) is 53.5 Å². The summed E-state index contributed by atoms with van der Waals surface area (Å²) in [5.74, 6) is 0.581. The Balaban J connectivity index is 0.00000841. The molecule has 0 aliphatic carbocycles. The fraction of sp³-hybridized carbons (Fsp3) is 0.750. The van der Waals surface area contributed by atoms with Crippen LogP contribution in [0, 0.1) is 0 Å². The maximum atomic E-state index is 12.4. The van der Waals surface area contributed by atoms with Crippen molar-refractivity contribution in [2.45, 2.75) is 59.2 Å². The lowest BCUT2D eigenvalue weighted by molar-refractivity contribution is 0.0253. The number of carbonyl (C=O) groups is 1. The minimum atomic E-state index is -1.12. The van der Waals surface area contributed by atoms with Crippen LogP contribution in [0.4, 0.5) is 4.79 Å². The largest absolute Gasteiger partial charge is 0.444 e. The van der Waals surface area contributed by atoms with E-state index in [1.165, 1.54) is 0 Å². The van der Waals surface area contributed by atoms with E-state index < -0.39 is 11.2 Å². The number of hydrogen-bond donors (Lipinski definition) is 3. The van der Waals surface area contributed by atoms with Crippen LogP contribution in [0.3, 0.4) is 0 Å². The van der Waals surface area contributed by atoms with Gasteiger partial charge in [-0.25, -0.2) is 9.79 Å². The number of amides is 1. The predicted octanol–water partition coefficient (Wildman–Crippen LogP) is 2.45. The highest BCUT2D eigenvalue weighted by atomic mass is 127. The Morgan fingerprint density at radius 1 is 1.27 bits per heavy atom. The van der Waals surface area contributed by atoms with Gasteiger partial charge >= 0.3 is 6.09 Å². The molecule has 0 spiro atoms. The SMILES string of the molecule is CCCN(CCNC(=NCC(C)(O)c1cnn(C)c1)NCC)C(=O)OC(C)(C)C.I. The maximum absolute atomic E-state index is 12.4. The van der Waals surface area contributed by atoms with Crippen LogP contribution in [0.2, 0.25) is 0 Å². The van der Waals surface area contributed by atoms with Gasteiger partial charge in [0.2, 0.25) is 0 Å². The molecule has 0 saturated carbocycles. The second-order valence-electron chi connectivity index (χ2n) is 8.27. The van der Waals surface area contributed by atoms with Crippen LogP contribution in [0.5, 0.6) is 0 Å². The minimum absolute atomic E-state index is 0. The first-order valence-electron chi connectivity index (χ1n) is 10.2. The summed E-state index contributed by atoms with van der Waals surface area (Å²) in [5.41, 5.74) is -0.940. The van der Waals surface area contributed by atoms with E-state index in [9.17, 15) is 9.90 Å². The van der Waals surface area contributed by atoms with E-state index in [0.717, 1.165) is 6.42 Å². The second kappa shape index (κ2) is 13.0. The summed E-state index contributed by atoms with van der Waals surface area (Å²) >= 11 is 0. The number of carbonyl (C=O) groups excluding carboxylic acids is 1. The van der Waals surface area contributed by atoms with Crippen molar-refractivity contribution in [2.24, 2.45) is 12.0 Å². The van der Waals surface area contributed by atoms with Crippen molar-refractivity contribution in [3.8, 4) is 0 Å². The number of halogens is 1. The van der Waals surface area contributed by atoms with Crippen LogP contribution in [-0.2, 0) is 17.4 Å². The molecular formula is C20H39IN6O3. The minimum Gasteiger partial charge on any atom is -0.444 e. The average Bonchev–Trinajstić information content (AvgIpc) is 3.04. The molecule has 0 bridgehead atoms. The zero-order valence-corrected chi connectivity index (χ0v) is 21.7. The van der Waals surface area contributed by atoms with Gasteiger partial charge < -0.3 is 25.4 Å². The number of hydrogen-bond acceptors (Lipinski definition) is 5. The summed E-state index contributed by atoms with van der Waals surface area (Å²) in [5, 5.41) is 21.2. The molecule has 10 heteroatoms. The van der Waals surface area contributed by atoms with Gasteiger partial charge in [-0.15, -0.1) is 24.0 Å². The molecule has 0 aromatic carbocycles. The normalized spacial score (nSPS) is 13.8. The van der Waals surface area contributed by atoms with Crippen molar-refractivity contribution < 1.29 is 14.6 Å². The Hall–Kier alpha value is -1.56. The third-order valence-corrected chi connectivity index (χ3v) is 4.04. The molecule has 0 aliphatic heterocycles. The molecule has 174 valence electrons. The molecule has 1 aromatic rings. The summed E-state index contributed by atoms with van der Waals surface area (Å²) in [6.45, 7) is 13.8. The van der Waals surface area contributed by atoms with Gasteiger partial charge in [-0.3, -0.25) is 4.68 Å². The molecule has 0 saturated heterocycles. The van der Waals surface area contributed by atoms with Gasteiger partial charge in [0, 0.05) is 45.0 Å². The number of aryl methyl sites for hydroxylation is 1. The van der Waals surface area contributed by atoms with E-state index in [2.05, 4.69) is 20.7 Å². The predicted molar refractivity (Wildman–Crippen MR) is 130 cm³/mol. The van der Waals surface area contributed by atoms with Crippen molar-refractivity contribution in [1.82, 2.24) is 25.3 Å². The molecule has 1 rings (SSSR count). The Labute approximate surface area is 197 Å². The van der Waals surface area contributed by atoms with Crippen LogP contribution in [0.15, 0.2) is 17.4 Å². The Kier molecular flexibility index (Phi) is 12.3. The number of nitrogens with zero attached hydrogens (tertiary/aromatic N) is 4. The molecule has 0 radical (unpaired) electrons. The number of rotatable bonds is 9. The third kappa shape index (κ3) is 10.5. The molecule has 1 heterocycles.